The van der Waals surface area contributed by atoms with E-state index in [0.717, 1.165) is 0 Å². The van der Waals surface area contributed by atoms with Crippen LogP contribution in [0.4, 0.5) is 0 Å². The molecule has 0 radical (unpaired) electrons. The van der Waals surface area contributed by atoms with E-state index >= 15 is 0 Å². The van der Waals surface area contributed by atoms with E-state index in [1.807, 2.05) is 4.90 Å². The van der Waals surface area contributed by atoms with Crippen LogP contribution >= 0.6 is 34.5 Å². The van der Waals surface area contributed by atoms with Crippen molar-refractivity contribution in [1.82, 2.24) is 20.4 Å². The molecule has 1 unspecified atom stereocenters. The quantitative estimate of drug-likeness (QED) is 0.567. The van der Waals surface area contributed by atoms with Crippen LogP contribution in [0.2, 0.25) is 10.0 Å². The molecule has 1 saturated heterocycles. The van der Waals surface area contributed by atoms with Gasteiger partial charge in [0.05, 0.1) is 23.7 Å². The summed E-state index contributed by atoms with van der Waals surface area (Å²) in [6.07, 6.45) is 0. The predicted octanol–water partition coefficient (Wildman–Crippen LogP) is 2.48. The Hall–Kier alpha value is -2.05. The average molecular weight is 530 g/mol. The summed E-state index contributed by atoms with van der Waals surface area (Å²) in [6.45, 7) is 2.95. The van der Waals surface area contributed by atoms with Gasteiger partial charge in [-0.15, -0.1) is 10.2 Å². The fourth-order valence-corrected chi connectivity index (χ4v) is 5.93. The first kappa shape index (κ1) is 24.1. The third-order valence-corrected chi connectivity index (χ3v) is 8.13. The highest BCUT2D eigenvalue weighted by atomic mass is 35.5. The standard InChI is InChI=1S/C20H21Cl2N5O4S2/c1-2-31-20(28)16-15(10-27-5-7-33(29,30)8-6-27)24-18(19-26-23-11-32-19)25-17(16)13-4-3-12(21)9-14(13)22/h3-4,9,11,17H,2,5-8,10H2,1H3,(H,24,25). The molecule has 1 atom stereocenters. The average Bonchev–Trinajstić information content (AvgIpc) is 3.30. The number of rotatable bonds is 6. The van der Waals surface area contributed by atoms with E-state index in [9.17, 15) is 13.2 Å². The molecule has 33 heavy (non-hydrogen) atoms. The molecule has 2 aliphatic heterocycles. The van der Waals surface area contributed by atoms with Crippen LogP contribution in [0.25, 0.3) is 0 Å². The van der Waals surface area contributed by atoms with Gasteiger partial charge in [-0.05, 0) is 19.1 Å². The summed E-state index contributed by atoms with van der Waals surface area (Å²) in [6, 6.07) is 4.24. The van der Waals surface area contributed by atoms with E-state index in [-0.39, 0.29) is 18.1 Å². The monoisotopic (exact) mass is 529 g/mol. The van der Waals surface area contributed by atoms with Gasteiger partial charge in [0.1, 0.15) is 11.6 Å². The number of halogens is 2. The van der Waals surface area contributed by atoms with Crippen LogP contribution in [0, 0.1) is 0 Å². The highest BCUT2D eigenvalue weighted by Gasteiger charge is 2.35. The van der Waals surface area contributed by atoms with Crippen LogP contribution in [0.3, 0.4) is 0 Å². The molecular formula is C20H21Cl2N5O4S2. The lowest BCUT2D eigenvalue weighted by atomic mass is 9.95. The van der Waals surface area contributed by atoms with Gasteiger partial charge >= 0.3 is 5.97 Å². The molecule has 1 fully saturated rings. The second kappa shape index (κ2) is 10.1. The zero-order valence-electron chi connectivity index (χ0n) is 17.6. The molecule has 1 N–H and O–H groups in total. The number of sulfone groups is 1. The van der Waals surface area contributed by atoms with Crippen LogP contribution in [0.15, 0.2) is 40.0 Å². The second-order valence-electron chi connectivity index (χ2n) is 7.46. The molecule has 176 valence electrons. The van der Waals surface area contributed by atoms with E-state index in [1.54, 1.807) is 30.6 Å². The molecule has 1 aromatic heterocycles. The van der Waals surface area contributed by atoms with Crippen LogP contribution in [0.5, 0.6) is 0 Å². The SMILES string of the molecule is CCOC(=O)C1=C(CN2CCS(=O)(=O)CC2)NC(c2nncs2)=NC1c1ccc(Cl)cc1Cl. The summed E-state index contributed by atoms with van der Waals surface area (Å²) >= 11 is 13.9. The molecule has 13 heteroatoms. The summed E-state index contributed by atoms with van der Waals surface area (Å²) in [5, 5.41) is 12.6. The lowest BCUT2D eigenvalue weighted by Crippen LogP contribution is -2.45. The van der Waals surface area contributed by atoms with Gasteiger partial charge in [0.15, 0.2) is 20.7 Å². The zero-order chi connectivity index (χ0) is 23.6. The Balaban J connectivity index is 1.79. The van der Waals surface area contributed by atoms with Crippen LogP contribution in [-0.4, -0.2) is 73.1 Å². The normalized spacial score (nSPS) is 20.8. The van der Waals surface area contributed by atoms with Gasteiger partial charge in [-0.1, -0.05) is 40.6 Å². The summed E-state index contributed by atoms with van der Waals surface area (Å²) in [7, 11) is -3.04. The fourth-order valence-electron chi connectivity index (χ4n) is 3.63. The van der Waals surface area contributed by atoms with Crippen LogP contribution in [-0.2, 0) is 19.4 Å². The maximum atomic E-state index is 13.1. The Morgan fingerprint density at radius 1 is 1.30 bits per heavy atom. The molecule has 0 saturated carbocycles. The maximum Gasteiger partial charge on any atom is 0.338 e. The molecule has 0 amide bonds. The van der Waals surface area contributed by atoms with Gasteiger partial charge < -0.3 is 10.1 Å². The Labute approximate surface area is 205 Å². The number of hydrogen-bond donors (Lipinski definition) is 1. The topological polar surface area (TPSA) is 114 Å². The minimum atomic E-state index is -3.04. The summed E-state index contributed by atoms with van der Waals surface area (Å²) < 4.78 is 29.1. The Kier molecular flexibility index (Phi) is 7.34. The van der Waals surface area contributed by atoms with Crippen LogP contribution < -0.4 is 5.32 Å². The van der Waals surface area contributed by atoms with Crippen molar-refractivity contribution in [2.45, 2.75) is 13.0 Å². The lowest BCUT2D eigenvalue weighted by molar-refractivity contribution is -0.139. The van der Waals surface area contributed by atoms with Crippen molar-refractivity contribution in [2.24, 2.45) is 4.99 Å². The number of amidine groups is 1. The third-order valence-electron chi connectivity index (χ3n) is 5.26. The van der Waals surface area contributed by atoms with Gasteiger partial charge in [-0.3, -0.25) is 9.89 Å². The summed E-state index contributed by atoms with van der Waals surface area (Å²) in [5.74, 6) is 0.0550. The smallest absolute Gasteiger partial charge is 0.338 e. The van der Waals surface area contributed by atoms with Crippen molar-refractivity contribution in [2.75, 3.05) is 37.7 Å². The molecule has 2 aliphatic rings. The first-order valence-electron chi connectivity index (χ1n) is 10.2. The number of aromatic nitrogens is 2. The van der Waals surface area contributed by atoms with Gasteiger partial charge in [-0.2, -0.15) is 0 Å². The number of hydrogen-bond acceptors (Lipinski definition) is 10. The number of ether oxygens (including phenoxy) is 1. The molecule has 9 nitrogen and oxygen atoms in total. The minimum absolute atomic E-state index is 0.0683. The molecule has 0 spiro atoms. The number of carbonyl (C=O) groups is 1. The number of aliphatic imine (C=N–C) groups is 1. The number of nitrogens with zero attached hydrogens (tertiary/aromatic N) is 4. The third kappa shape index (κ3) is 5.55. The molecule has 0 aliphatic carbocycles. The Morgan fingerprint density at radius 3 is 2.70 bits per heavy atom. The zero-order valence-corrected chi connectivity index (χ0v) is 20.8. The van der Waals surface area contributed by atoms with Gasteiger partial charge in [0.2, 0.25) is 0 Å². The fraction of sp³-hybridized carbons (Fsp3) is 0.400. The highest BCUT2D eigenvalue weighted by molar-refractivity contribution is 7.91. The van der Waals surface area contributed by atoms with E-state index in [0.29, 0.717) is 57.4 Å². The van der Waals surface area contributed by atoms with Gasteiger partial charge in [0, 0.05) is 40.9 Å². The van der Waals surface area contributed by atoms with Crippen molar-refractivity contribution in [3.8, 4) is 0 Å². The number of esters is 1. The lowest BCUT2D eigenvalue weighted by Gasteiger charge is -2.32. The van der Waals surface area contributed by atoms with E-state index in [4.69, 9.17) is 32.9 Å². The molecule has 3 heterocycles. The van der Waals surface area contributed by atoms with E-state index < -0.39 is 21.8 Å². The van der Waals surface area contributed by atoms with Crippen molar-refractivity contribution >= 4 is 56.2 Å². The number of nitrogens with one attached hydrogen (secondary N) is 1. The van der Waals surface area contributed by atoms with Crippen LogP contribution in [0.1, 0.15) is 23.5 Å². The molecule has 1 aromatic carbocycles. The first-order chi connectivity index (χ1) is 15.8. The highest BCUT2D eigenvalue weighted by Crippen LogP contribution is 2.37. The maximum absolute atomic E-state index is 13.1. The van der Waals surface area contributed by atoms with Crippen molar-refractivity contribution in [3.63, 3.8) is 0 Å². The van der Waals surface area contributed by atoms with E-state index in [1.165, 1.54) is 11.3 Å². The molecular weight excluding hydrogens is 509 g/mol. The van der Waals surface area contributed by atoms with Gasteiger partial charge in [0.25, 0.3) is 0 Å². The molecule has 4 rings (SSSR count). The predicted molar refractivity (Wildman–Crippen MR) is 128 cm³/mol. The van der Waals surface area contributed by atoms with Crippen molar-refractivity contribution in [1.29, 1.82) is 0 Å². The largest absolute Gasteiger partial charge is 0.463 e. The van der Waals surface area contributed by atoms with Gasteiger partial charge in [-0.25, -0.2) is 13.2 Å². The number of carbonyl (C=O) groups excluding carboxylic acids is 1. The Bertz CT molecular complexity index is 1200. The summed E-state index contributed by atoms with van der Waals surface area (Å²) in [4.78, 5) is 19.8. The Morgan fingerprint density at radius 2 is 2.06 bits per heavy atom. The summed E-state index contributed by atoms with van der Waals surface area (Å²) in [5.41, 5.74) is 3.04. The van der Waals surface area contributed by atoms with Crippen molar-refractivity contribution in [3.05, 3.63) is 55.6 Å². The van der Waals surface area contributed by atoms with E-state index in [2.05, 4.69) is 15.5 Å². The second-order valence-corrected chi connectivity index (χ2v) is 11.4. The van der Waals surface area contributed by atoms with Crippen molar-refractivity contribution < 1.29 is 17.9 Å². The minimum Gasteiger partial charge on any atom is -0.463 e. The molecule has 0 bridgehead atoms. The number of benzene rings is 1. The molecule has 2 aromatic rings. The first-order valence-corrected chi connectivity index (χ1v) is 13.6.